The minimum absolute atomic E-state index is 0.0419. The largest absolute Gasteiger partial charge is 0.394 e. The lowest BCUT2D eigenvalue weighted by atomic mass is 10.2. The average molecular weight is 235 g/mol. The van der Waals surface area contributed by atoms with E-state index in [1.54, 1.807) is 6.33 Å². The fraction of sp³-hybridized carbons (Fsp3) is 0.500. The van der Waals surface area contributed by atoms with Crippen molar-refractivity contribution in [3.63, 3.8) is 0 Å². The first kappa shape index (κ1) is 10.4. The number of aromatic nitrogens is 4. The quantitative estimate of drug-likeness (QED) is 0.764. The minimum Gasteiger partial charge on any atom is -0.394 e. The van der Waals surface area contributed by atoms with Crippen LogP contribution >= 0.6 is 0 Å². The highest BCUT2D eigenvalue weighted by Crippen LogP contribution is 2.30. The van der Waals surface area contributed by atoms with Crippen LogP contribution in [0.4, 0.5) is 5.82 Å². The third-order valence-corrected chi connectivity index (χ3v) is 2.99. The topological polar surface area (TPSA) is 99.1 Å². The van der Waals surface area contributed by atoms with E-state index in [1.807, 2.05) is 4.57 Å². The molecule has 7 nitrogen and oxygen atoms in total. The number of imidazole rings is 1. The van der Waals surface area contributed by atoms with Crippen molar-refractivity contribution in [2.45, 2.75) is 25.2 Å². The molecule has 17 heavy (non-hydrogen) atoms. The molecule has 2 aromatic heterocycles. The Morgan fingerprint density at radius 2 is 2.29 bits per heavy atom. The van der Waals surface area contributed by atoms with Crippen molar-refractivity contribution < 1.29 is 9.84 Å². The Balaban J connectivity index is 1.99. The summed E-state index contributed by atoms with van der Waals surface area (Å²) in [6, 6.07) is 0. The van der Waals surface area contributed by atoms with Crippen LogP contribution in [0.1, 0.15) is 19.1 Å². The SMILES string of the molecule is Nc1ncnc2c1ncn2C1CC[C@@H](CO)O1. The van der Waals surface area contributed by atoms with E-state index >= 15 is 0 Å². The number of aliphatic hydroxyl groups excluding tert-OH is 1. The Hall–Kier alpha value is -1.73. The maximum atomic E-state index is 9.04. The molecule has 1 unspecified atom stereocenters. The predicted molar refractivity (Wildman–Crippen MR) is 60.0 cm³/mol. The van der Waals surface area contributed by atoms with Crippen molar-refractivity contribution in [1.29, 1.82) is 0 Å². The molecule has 2 aromatic rings. The van der Waals surface area contributed by atoms with Gasteiger partial charge in [0.05, 0.1) is 19.0 Å². The zero-order valence-electron chi connectivity index (χ0n) is 9.15. The van der Waals surface area contributed by atoms with E-state index < -0.39 is 0 Å². The van der Waals surface area contributed by atoms with Crippen molar-refractivity contribution in [2.75, 3.05) is 12.3 Å². The van der Waals surface area contributed by atoms with Gasteiger partial charge in [-0.25, -0.2) is 15.0 Å². The fourth-order valence-electron chi connectivity index (χ4n) is 2.11. The number of hydrogen-bond donors (Lipinski definition) is 2. The highest BCUT2D eigenvalue weighted by Gasteiger charge is 2.27. The first-order chi connectivity index (χ1) is 8.29. The second-order valence-electron chi connectivity index (χ2n) is 4.06. The standard InChI is InChI=1S/C10H13N5O2/c11-9-8-10(13-4-12-9)15(5-14-8)7-2-1-6(3-16)17-7/h4-7,16H,1-3H2,(H2,11,12,13)/t6-,7?/m0/s1. The van der Waals surface area contributed by atoms with Gasteiger partial charge in [0, 0.05) is 0 Å². The average Bonchev–Trinajstić information content (AvgIpc) is 2.94. The summed E-state index contributed by atoms with van der Waals surface area (Å²) in [4.78, 5) is 12.2. The lowest BCUT2D eigenvalue weighted by Crippen LogP contribution is -2.14. The van der Waals surface area contributed by atoms with Crippen LogP contribution in [-0.2, 0) is 4.74 Å². The summed E-state index contributed by atoms with van der Waals surface area (Å²) in [7, 11) is 0. The van der Waals surface area contributed by atoms with Crippen LogP contribution in [0.5, 0.6) is 0 Å². The summed E-state index contributed by atoms with van der Waals surface area (Å²) in [5.74, 6) is 0.366. The van der Waals surface area contributed by atoms with Crippen LogP contribution < -0.4 is 5.73 Å². The monoisotopic (exact) mass is 235 g/mol. The Kier molecular flexibility index (Phi) is 2.41. The van der Waals surface area contributed by atoms with Gasteiger partial charge in [-0.15, -0.1) is 0 Å². The Labute approximate surface area is 97.3 Å². The van der Waals surface area contributed by atoms with Gasteiger partial charge in [-0.05, 0) is 12.8 Å². The van der Waals surface area contributed by atoms with Crippen LogP contribution in [0.25, 0.3) is 11.2 Å². The number of ether oxygens (including phenoxy) is 1. The molecule has 0 bridgehead atoms. The number of hydrogen-bond acceptors (Lipinski definition) is 6. The lowest BCUT2D eigenvalue weighted by Gasteiger charge is -2.13. The molecule has 0 spiro atoms. The molecule has 0 saturated carbocycles. The van der Waals surface area contributed by atoms with Gasteiger partial charge in [-0.1, -0.05) is 0 Å². The van der Waals surface area contributed by atoms with Gasteiger partial charge < -0.3 is 15.6 Å². The van der Waals surface area contributed by atoms with Crippen LogP contribution in [0.2, 0.25) is 0 Å². The van der Waals surface area contributed by atoms with Gasteiger partial charge in [-0.3, -0.25) is 4.57 Å². The van der Waals surface area contributed by atoms with Crippen LogP contribution in [0.3, 0.4) is 0 Å². The highest BCUT2D eigenvalue weighted by atomic mass is 16.5. The molecule has 3 heterocycles. The van der Waals surface area contributed by atoms with Gasteiger partial charge in [0.25, 0.3) is 0 Å². The second-order valence-corrected chi connectivity index (χ2v) is 4.06. The molecule has 3 rings (SSSR count). The maximum absolute atomic E-state index is 9.04. The molecule has 1 fully saturated rings. The molecule has 0 radical (unpaired) electrons. The maximum Gasteiger partial charge on any atom is 0.167 e. The molecule has 7 heteroatoms. The van der Waals surface area contributed by atoms with Crippen molar-refractivity contribution in [3.8, 4) is 0 Å². The van der Waals surface area contributed by atoms with Crippen LogP contribution in [-0.4, -0.2) is 37.3 Å². The lowest BCUT2D eigenvalue weighted by molar-refractivity contribution is -0.0207. The van der Waals surface area contributed by atoms with Crippen LogP contribution in [0, 0.1) is 0 Å². The van der Waals surface area contributed by atoms with Gasteiger partial charge in [0.2, 0.25) is 0 Å². The summed E-state index contributed by atoms with van der Waals surface area (Å²) >= 11 is 0. The second kappa shape index (κ2) is 3.94. The molecule has 1 aliphatic rings. The first-order valence-electron chi connectivity index (χ1n) is 5.49. The fourth-order valence-corrected chi connectivity index (χ4v) is 2.11. The van der Waals surface area contributed by atoms with Gasteiger partial charge in [-0.2, -0.15) is 0 Å². The number of nitrogen functional groups attached to an aromatic ring is 1. The molecule has 0 aliphatic carbocycles. The third kappa shape index (κ3) is 1.63. The van der Waals surface area contributed by atoms with Gasteiger partial charge >= 0.3 is 0 Å². The molecule has 1 aliphatic heterocycles. The molecular formula is C10H13N5O2. The summed E-state index contributed by atoms with van der Waals surface area (Å²) in [6.07, 6.45) is 4.50. The van der Waals surface area contributed by atoms with Crippen molar-refractivity contribution in [2.24, 2.45) is 0 Å². The molecule has 2 atom stereocenters. The number of nitrogens with two attached hydrogens (primary N) is 1. The van der Waals surface area contributed by atoms with E-state index in [0.717, 1.165) is 12.8 Å². The first-order valence-corrected chi connectivity index (χ1v) is 5.49. The normalized spacial score (nSPS) is 24.5. The van der Waals surface area contributed by atoms with E-state index in [-0.39, 0.29) is 18.9 Å². The Bertz CT molecular complexity index is 540. The summed E-state index contributed by atoms with van der Waals surface area (Å²) in [5, 5.41) is 9.04. The van der Waals surface area contributed by atoms with Gasteiger partial charge in [0.15, 0.2) is 11.5 Å². The molecule has 1 saturated heterocycles. The molecule has 90 valence electrons. The van der Waals surface area contributed by atoms with Crippen molar-refractivity contribution in [1.82, 2.24) is 19.5 Å². The molecule has 3 N–H and O–H groups in total. The van der Waals surface area contributed by atoms with Crippen molar-refractivity contribution in [3.05, 3.63) is 12.7 Å². The number of nitrogens with zero attached hydrogens (tertiary/aromatic N) is 4. The summed E-state index contributed by atoms with van der Waals surface area (Å²) in [6.45, 7) is 0.0419. The van der Waals surface area contributed by atoms with E-state index in [9.17, 15) is 0 Å². The number of aliphatic hydroxyl groups is 1. The van der Waals surface area contributed by atoms with E-state index in [1.165, 1.54) is 6.33 Å². The number of rotatable bonds is 2. The Morgan fingerprint density at radius 1 is 1.41 bits per heavy atom. The highest BCUT2D eigenvalue weighted by molar-refractivity contribution is 5.81. The van der Waals surface area contributed by atoms with E-state index in [4.69, 9.17) is 15.6 Å². The van der Waals surface area contributed by atoms with Gasteiger partial charge in [0.1, 0.15) is 18.1 Å². The van der Waals surface area contributed by atoms with Crippen molar-refractivity contribution >= 4 is 17.0 Å². The molecular weight excluding hydrogens is 222 g/mol. The minimum atomic E-state index is -0.133. The summed E-state index contributed by atoms with van der Waals surface area (Å²) < 4.78 is 7.51. The zero-order valence-corrected chi connectivity index (χ0v) is 9.15. The summed E-state index contributed by atoms with van der Waals surface area (Å²) in [5.41, 5.74) is 6.97. The van der Waals surface area contributed by atoms with E-state index in [2.05, 4.69) is 15.0 Å². The zero-order chi connectivity index (χ0) is 11.8. The Morgan fingerprint density at radius 3 is 3.06 bits per heavy atom. The predicted octanol–water partition coefficient (Wildman–Crippen LogP) is 0.0784. The third-order valence-electron chi connectivity index (χ3n) is 2.99. The van der Waals surface area contributed by atoms with Crippen LogP contribution in [0.15, 0.2) is 12.7 Å². The molecule has 0 aromatic carbocycles. The number of anilines is 1. The smallest absolute Gasteiger partial charge is 0.167 e. The number of fused-ring (bicyclic) bond motifs is 1. The molecule has 0 amide bonds. The van der Waals surface area contributed by atoms with E-state index in [0.29, 0.717) is 17.0 Å².